The van der Waals surface area contributed by atoms with Gasteiger partial charge < -0.3 is 14.4 Å². The van der Waals surface area contributed by atoms with E-state index in [1.54, 1.807) is 4.90 Å². The lowest BCUT2D eigenvalue weighted by Crippen LogP contribution is -3.15. The van der Waals surface area contributed by atoms with Crippen molar-refractivity contribution in [1.29, 1.82) is 0 Å². The summed E-state index contributed by atoms with van der Waals surface area (Å²) in [4.78, 5) is 1.67. The molecule has 1 aliphatic rings. The van der Waals surface area contributed by atoms with Crippen molar-refractivity contribution >= 4 is 0 Å². The maximum Gasteiger partial charge on any atom is 0.122 e. The van der Waals surface area contributed by atoms with Gasteiger partial charge in [0.2, 0.25) is 0 Å². The molecule has 1 aliphatic heterocycles. The van der Waals surface area contributed by atoms with E-state index in [1.807, 2.05) is 12.1 Å². The van der Waals surface area contributed by atoms with E-state index in [0.717, 1.165) is 38.3 Å². The lowest BCUT2D eigenvalue weighted by molar-refractivity contribution is -0.915. The third-order valence-electron chi connectivity index (χ3n) is 4.14. The zero-order chi connectivity index (χ0) is 15.8. The number of hydrogen-bond acceptors (Lipinski definition) is 2. The van der Waals surface area contributed by atoms with E-state index in [1.165, 1.54) is 18.5 Å². The molecular formula is C19H30NO2+. The minimum absolute atomic E-state index is 0.390. The van der Waals surface area contributed by atoms with E-state index in [-0.39, 0.29) is 0 Å². The molecule has 1 heterocycles. The summed E-state index contributed by atoms with van der Waals surface area (Å²) in [6.45, 7) is 12.4. The normalized spacial score (nSPS) is 24.9. The molecule has 3 heteroatoms. The molecule has 3 atom stereocenters. The van der Waals surface area contributed by atoms with Crippen molar-refractivity contribution in [3.8, 4) is 5.75 Å². The first kappa shape index (κ1) is 17.0. The Morgan fingerprint density at radius 1 is 1.23 bits per heavy atom. The molecule has 1 fully saturated rings. The number of para-hydroxylation sites is 1. The van der Waals surface area contributed by atoms with Crippen molar-refractivity contribution in [2.24, 2.45) is 0 Å². The van der Waals surface area contributed by atoms with Crippen LogP contribution in [0.5, 0.6) is 5.75 Å². The van der Waals surface area contributed by atoms with Gasteiger partial charge in [0, 0.05) is 0 Å². The summed E-state index contributed by atoms with van der Waals surface area (Å²) in [6, 6.07) is 8.24. The number of nitrogens with one attached hydrogen (secondary N) is 1. The lowest BCUT2D eigenvalue weighted by atomic mass is 10.1. The Kier molecular flexibility index (Phi) is 6.94. The van der Waals surface area contributed by atoms with Crippen molar-refractivity contribution in [2.75, 3.05) is 26.2 Å². The monoisotopic (exact) mass is 304 g/mol. The minimum Gasteiger partial charge on any atom is -0.493 e. The SMILES string of the molecule is C=CCc1ccccc1OCCCC[NH+]1C[C@@H](C)O[C@@H](C)C1. The number of rotatable bonds is 8. The number of unbranched alkanes of at least 4 members (excludes halogenated alkanes) is 1. The van der Waals surface area contributed by atoms with Crippen molar-refractivity contribution in [3.05, 3.63) is 42.5 Å². The summed E-state index contributed by atoms with van der Waals surface area (Å²) < 4.78 is 11.7. The number of allylic oxidation sites excluding steroid dienone is 1. The zero-order valence-electron chi connectivity index (χ0n) is 14.0. The van der Waals surface area contributed by atoms with Gasteiger partial charge in [0.15, 0.2) is 0 Å². The summed E-state index contributed by atoms with van der Waals surface area (Å²) in [6.07, 6.45) is 5.88. The molecule has 122 valence electrons. The molecule has 0 spiro atoms. The van der Waals surface area contributed by atoms with Gasteiger partial charge in [-0.2, -0.15) is 0 Å². The predicted molar refractivity (Wildman–Crippen MR) is 90.6 cm³/mol. The highest BCUT2D eigenvalue weighted by molar-refractivity contribution is 5.34. The van der Waals surface area contributed by atoms with Crippen LogP contribution in [-0.2, 0) is 11.2 Å². The maximum atomic E-state index is 5.94. The molecule has 3 nitrogen and oxygen atoms in total. The summed E-state index contributed by atoms with van der Waals surface area (Å²) in [5.41, 5.74) is 1.22. The van der Waals surface area contributed by atoms with E-state index in [2.05, 4.69) is 38.6 Å². The van der Waals surface area contributed by atoms with Crippen molar-refractivity contribution in [2.45, 2.75) is 45.3 Å². The Labute approximate surface area is 134 Å². The van der Waals surface area contributed by atoms with Gasteiger partial charge in [0.05, 0.1) is 13.2 Å². The van der Waals surface area contributed by atoms with Crippen LogP contribution in [0.3, 0.4) is 0 Å². The zero-order valence-corrected chi connectivity index (χ0v) is 14.0. The molecule has 1 unspecified atom stereocenters. The Hall–Kier alpha value is -1.32. The molecule has 0 amide bonds. The van der Waals surface area contributed by atoms with Crippen LogP contribution in [-0.4, -0.2) is 38.4 Å². The van der Waals surface area contributed by atoms with E-state index >= 15 is 0 Å². The van der Waals surface area contributed by atoms with Crippen LogP contribution >= 0.6 is 0 Å². The molecule has 0 radical (unpaired) electrons. The van der Waals surface area contributed by atoms with E-state index in [4.69, 9.17) is 9.47 Å². The van der Waals surface area contributed by atoms with Crippen molar-refractivity contribution < 1.29 is 14.4 Å². The molecule has 1 saturated heterocycles. The highest BCUT2D eigenvalue weighted by Crippen LogP contribution is 2.18. The van der Waals surface area contributed by atoms with E-state index < -0.39 is 0 Å². The molecule has 0 bridgehead atoms. The second-order valence-electron chi connectivity index (χ2n) is 6.32. The van der Waals surface area contributed by atoms with Gasteiger partial charge in [0.1, 0.15) is 31.0 Å². The molecule has 2 rings (SSSR count). The molecule has 22 heavy (non-hydrogen) atoms. The van der Waals surface area contributed by atoms with Crippen molar-refractivity contribution in [3.63, 3.8) is 0 Å². The number of morpholine rings is 1. The predicted octanol–water partition coefficient (Wildman–Crippen LogP) is 2.27. The molecule has 1 aromatic rings. The largest absolute Gasteiger partial charge is 0.493 e. The standard InChI is InChI=1S/C19H29NO2/c1-4-9-18-10-5-6-11-19(18)21-13-8-7-12-20-14-16(2)22-17(3)15-20/h4-6,10-11,16-17H,1,7-9,12-15H2,2-3H3/p+1/t16-,17+. The van der Waals surface area contributed by atoms with Crippen LogP contribution in [0.15, 0.2) is 36.9 Å². The van der Waals surface area contributed by atoms with Gasteiger partial charge in [-0.3, -0.25) is 0 Å². The molecular weight excluding hydrogens is 274 g/mol. The molecule has 0 saturated carbocycles. The van der Waals surface area contributed by atoms with Gasteiger partial charge in [-0.25, -0.2) is 0 Å². The Bertz CT molecular complexity index is 451. The Morgan fingerprint density at radius 2 is 1.95 bits per heavy atom. The maximum absolute atomic E-state index is 5.94. The number of quaternary nitrogens is 1. The van der Waals surface area contributed by atoms with Crippen LogP contribution in [0.2, 0.25) is 0 Å². The van der Waals surface area contributed by atoms with Crippen LogP contribution in [0.1, 0.15) is 32.3 Å². The van der Waals surface area contributed by atoms with Crippen LogP contribution in [0, 0.1) is 0 Å². The van der Waals surface area contributed by atoms with Gasteiger partial charge in [-0.1, -0.05) is 24.3 Å². The first-order valence-corrected chi connectivity index (χ1v) is 8.49. The van der Waals surface area contributed by atoms with Gasteiger partial charge in [-0.15, -0.1) is 6.58 Å². The van der Waals surface area contributed by atoms with Crippen LogP contribution in [0.25, 0.3) is 0 Å². The fourth-order valence-electron chi connectivity index (χ4n) is 3.22. The molecule has 0 aromatic heterocycles. The molecule has 0 aliphatic carbocycles. The van der Waals surface area contributed by atoms with E-state index in [9.17, 15) is 0 Å². The number of benzene rings is 1. The summed E-state index contributed by atoms with van der Waals surface area (Å²) >= 11 is 0. The van der Waals surface area contributed by atoms with Crippen molar-refractivity contribution in [1.82, 2.24) is 0 Å². The number of hydrogen-bond donors (Lipinski definition) is 1. The number of ether oxygens (including phenoxy) is 2. The van der Waals surface area contributed by atoms with Crippen LogP contribution < -0.4 is 9.64 Å². The highest BCUT2D eigenvalue weighted by Gasteiger charge is 2.24. The summed E-state index contributed by atoms with van der Waals surface area (Å²) in [5, 5.41) is 0. The van der Waals surface area contributed by atoms with Gasteiger partial charge in [0.25, 0.3) is 0 Å². The Balaban J connectivity index is 1.66. The van der Waals surface area contributed by atoms with Crippen LogP contribution in [0.4, 0.5) is 0 Å². The smallest absolute Gasteiger partial charge is 0.122 e. The summed E-state index contributed by atoms with van der Waals surface area (Å²) in [5.74, 6) is 1.00. The average Bonchev–Trinajstić information content (AvgIpc) is 2.48. The third-order valence-corrected chi connectivity index (χ3v) is 4.14. The topological polar surface area (TPSA) is 22.9 Å². The highest BCUT2D eigenvalue weighted by atomic mass is 16.5. The van der Waals surface area contributed by atoms with Gasteiger partial charge >= 0.3 is 0 Å². The fourth-order valence-corrected chi connectivity index (χ4v) is 3.22. The lowest BCUT2D eigenvalue weighted by Gasteiger charge is -2.32. The minimum atomic E-state index is 0.390. The third kappa shape index (κ3) is 5.47. The second kappa shape index (κ2) is 8.96. The van der Waals surface area contributed by atoms with Gasteiger partial charge in [-0.05, 0) is 44.7 Å². The quantitative estimate of drug-likeness (QED) is 0.588. The fraction of sp³-hybridized carbons (Fsp3) is 0.579. The first-order valence-electron chi connectivity index (χ1n) is 8.49. The molecule has 1 N–H and O–H groups in total. The summed E-state index contributed by atoms with van der Waals surface area (Å²) in [7, 11) is 0. The average molecular weight is 304 g/mol. The first-order chi connectivity index (χ1) is 10.7. The van der Waals surface area contributed by atoms with E-state index in [0.29, 0.717) is 12.2 Å². The Morgan fingerprint density at radius 3 is 2.68 bits per heavy atom. The molecule has 1 aromatic carbocycles. The second-order valence-corrected chi connectivity index (χ2v) is 6.32.